The molecular formula is C18H23BN2O3. The summed E-state index contributed by atoms with van der Waals surface area (Å²) < 4.78 is 5.48. The molecule has 0 spiro atoms. The molecule has 3 rings (SSSR count). The van der Waals surface area contributed by atoms with Crippen LogP contribution in [0, 0.1) is 0 Å². The van der Waals surface area contributed by atoms with E-state index in [9.17, 15) is 9.59 Å². The Kier molecular flexibility index (Phi) is 4.32. The molecule has 0 N–H and O–H groups in total. The van der Waals surface area contributed by atoms with E-state index < -0.39 is 5.60 Å². The first-order chi connectivity index (χ1) is 11.2. The number of carbonyl (C=O) groups excluding carboxylic acids is 2. The Morgan fingerprint density at radius 2 is 1.67 bits per heavy atom. The van der Waals surface area contributed by atoms with Crippen LogP contribution < -0.4 is 4.81 Å². The Morgan fingerprint density at radius 3 is 2.29 bits per heavy atom. The molecule has 0 fully saturated rings. The van der Waals surface area contributed by atoms with Gasteiger partial charge in [0, 0.05) is 25.2 Å². The summed E-state index contributed by atoms with van der Waals surface area (Å²) in [7, 11) is 5.91. The molecule has 1 aromatic rings. The van der Waals surface area contributed by atoms with Gasteiger partial charge in [-0.2, -0.15) is 0 Å². The van der Waals surface area contributed by atoms with Gasteiger partial charge in [-0.15, -0.1) is 0 Å². The van der Waals surface area contributed by atoms with Gasteiger partial charge in [-0.1, -0.05) is 6.07 Å². The molecule has 0 atom stereocenters. The van der Waals surface area contributed by atoms with E-state index in [0.29, 0.717) is 19.5 Å². The maximum absolute atomic E-state index is 12.3. The van der Waals surface area contributed by atoms with E-state index in [0.717, 1.165) is 36.1 Å². The smallest absolute Gasteiger partial charge is 0.410 e. The molecule has 2 aliphatic rings. The number of hydrogen-bond donors (Lipinski definition) is 0. The van der Waals surface area contributed by atoms with Crippen LogP contribution in [-0.4, -0.2) is 43.6 Å². The fraction of sp³-hybridized carbons (Fsp3) is 0.556. The highest BCUT2D eigenvalue weighted by atomic mass is 16.6. The summed E-state index contributed by atoms with van der Waals surface area (Å²) in [5.41, 5.74) is 3.82. The minimum absolute atomic E-state index is 0.0496. The average Bonchev–Trinajstić information content (AvgIpc) is 2.70. The van der Waals surface area contributed by atoms with Crippen LogP contribution in [0.1, 0.15) is 43.9 Å². The number of rotatable bonds is 0. The van der Waals surface area contributed by atoms with Gasteiger partial charge in [0.2, 0.25) is 13.9 Å². The van der Waals surface area contributed by atoms with Crippen LogP contribution in [0.4, 0.5) is 10.5 Å². The van der Waals surface area contributed by atoms with Gasteiger partial charge < -0.3 is 14.4 Å². The Bertz CT molecular complexity index is 682. The highest BCUT2D eigenvalue weighted by Gasteiger charge is 2.26. The normalized spacial score (nSPS) is 17.9. The zero-order chi connectivity index (χ0) is 17.5. The van der Waals surface area contributed by atoms with E-state index >= 15 is 0 Å². The van der Waals surface area contributed by atoms with Crippen molar-refractivity contribution in [1.82, 2.24) is 4.90 Å². The third-order valence-electron chi connectivity index (χ3n) is 4.49. The Balaban J connectivity index is 1.79. The minimum atomic E-state index is -0.490. The van der Waals surface area contributed by atoms with Crippen molar-refractivity contribution in [3.8, 4) is 0 Å². The highest BCUT2D eigenvalue weighted by molar-refractivity contribution is 6.31. The lowest BCUT2D eigenvalue weighted by molar-refractivity contribution is -0.117. The van der Waals surface area contributed by atoms with Crippen molar-refractivity contribution in [3.05, 3.63) is 28.8 Å². The number of hydrogen-bond acceptors (Lipinski definition) is 3. The fourth-order valence-corrected chi connectivity index (χ4v) is 3.25. The molecule has 1 aromatic carbocycles. The summed E-state index contributed by atoms with van der Waals surface area (Å²) in [6.07, 6.45) is 2.44. The molecule has 0 saturated carbocycles. The maximum Gasteiger partial charge on any atom is 0.410 e. The zero-order valence-electron chi connectivity index (χ0n) is 14.6. The van der Waals surface area contributed by atoms with Gasteiger partial charge in [-0.25, -0.2) is 4.79 Å². The van der Waals surface area contributed by atoms with Crippen molar-refractivity contribution in [2.45, 2.75) is 52.1 Å². The zero-order valence-corrected chi connectivity index (χ0v) is 14.6. The molecule has 6 heteroatoms. The van der Waals surface area contributed by atoms with Gasteiger partial charge in [0.25, 0.3) is 0 Å². The van der Waals surface area contributed by atoms with Crippen LogP contribution in [-0.2, 0) is 28.8 Å². The molecule has 2 radical (unpaired) electrons. The second-order valence-corrected chi connectivity index (χ2v) is 7.48. The Labute approximate surface area is 144 Å². The van der Waals surface area contributed by atoms with Gasteiger partial charge in [0.1, 0.15) is 5.60 Å². The Hall–Kier alpha value is -1.98. The predicted octanol–water partition coefficient (Wildman–Crippen LogP) is 2.39. The molecule has 126 valence electrons. The summed E-state index contributed by atoms with van der Waals surface area (Å²) in [4.78, 5) is 27.1. The third kappa shape index (κ3) is 3.42. The van der Waals surface area contributed by atoms with Crippen molar-refractivity contribution >= 4 is 25.7 Å². The van der Waals surface area contributed by atoms with Crippen molar-refractivity contribution in [1.29, 1.82) is 0 Å². The standard InChI is InChI=1S/C18H23BN2O3/c1-18(2,3)24-17(23)20-8-6-12-10-14-4-5-16(22)21(19)15(14)11-13(12)7-9-20/h10-11H,4-9H2,1-3H3. The lowest BCUT2D eigenvalue weighted by Gasteiger charge is -2.28. The second kappa shape index (κ2) is 6.15. The lowest BCUT2D eigenvalue weighted by Crippen LogP contribution is -2.38. The number of ether oxygens (including phenoxy) is 1. The summed E-state index contributed by atoms with van der Waals surface area (Å²) in [5.74, 6) is -0.0496. The van der Waals surface area contributed by atoms with Crippen molar-refractivity contribution in [2.75, 3.05) is 17.9 Å². The first-order valence-electron chi connectivity index (χ1n) is 8.45. The number of fused-ring (bicyclic) bond motifs is 2. The number of nitrogens with zero attached hydrogens (tertiary/aromatic N) is 2. The van der Waals surface area contributed by atoms with E-state index in [1.807, 2.05) is 26.8 Å². The largest absolute Gasteiger partial charge is 0.444 e. The lowest BCUT2D eigenvalue weighted by atomic mass is 9.92. The monoisotopic (exact) mass is 326 g/mol. The maximum atomic E-state index is 12.3. The van der Waals surface area contributed by atoms with Gasteiger partial charge in [-0.3, -0.25) is 4.79 Å². The molecule has 0 unspecified atom stereocenters. The van der Waals surface area contributed by atoms with E-state index in [1.54, 1.807) is 4.90 Å². The molecule has 0 aromatic heterocycles. The highest BCUT2D eigenvalue weighted by Crippen LogP contribution is 2.31. The number of carbonyl (C=O) groups is 2. The molecule has 0 saturated heterocycles. The van der Waals surface area contributed by atoms with Crippen LogP contribution >= 0.6 is 0 Å². The summed E-state index contributed by atoms with van der Waals surface area (Å²) >= 11 is 0. The van der Waals surface area contributed by atoms with E-state index in [2.05, 4.69) is 6.07 Å². The number of amides is 2. The van der Waals surface area contributed by atoms with Gasteiger partial charge in [-0.05, 0) is 62.8 Å². The summed E-state index contributed by atoms with van der Waals surface area (Å²) in [6, 6.07) is 4.16. The predicted molar refractivity (Wildman–Crippen MR) is 93.2 cm³/mol. The molecule has 2 heterocycles. The molecule has 0 aliphatic carbocycles. The third-order valence-corrected chi connectivity index (χ3v) is 4.49. The van der Waals surface area contributed by atoms with Gasteiger partial charge in [0.15, 0.2) is 0 Å². The van der Waals surface area contributed by atoms with Crippen LogP contribution in [0.2, 0.25) is 0 Å². The van der Waals surface area contributed by atoms with Crippen molar-refractivity contribution < 1.29 is 14.3 Å². The second-order valence-electron chi connectivity index (χ2n) is 7.48. The quantitative estimate of drug-likeness (QED) is 0.688. The van der Waals surface area contributed by atoms with Crippen molar-refractivity contribution in [3.63, 3.8) is 0 Å². The van der Waals surface area contributed by atoms with E-state index in [4.69, 9.17) is 12.7 Å². The molecule has 2 amide bonds. The van der Waals surface area contributed by atoms with Gasteiger partial charge >= 0.3 is 6.09 Å². The number of anilines is 1. The molecule has 2 aliphatic heterocycles. The van der Waals surface area contributed by atoms with E-state index in [-0.39, 0.29) is 12.0 Å². The molecular weight excluding hydrogens is 303 g/mol. The first-order valence-corrected chi connectivity index (χ1v) is 8.45. The Morgan fingerprint density at radius 1 is 1.04 bits per heavy atom. The number of benzene rings is 1. The summed E-state index contributed by atoms with van der Waals surface area (Å²) in [5, 5.41) is 0. The average molecular weight is 326 g/mol. The molecule has 0 bridgehead atoms. The molecule has 24 heavy (non-hydrogen) atoms. The first kappa shape index (κ1) is 16.9. The van der Waals surface area contributed by atoms with Crippen LogP contribution in [0.25, 0.3) is 0 Å². The number of aryl methyl sites for hydroxylation is 1. The van der Waals surface area contributed by atoms with Crippen molar-refractivity contribution in [2.24, 2.45) is 0 Å². The SMILES string of the molecule is [B]N1C(=O)CCc2cc3c(cc21)CCN(C(=O)OC(C)(C)C)CC3. The summed E-state index contributed by atoms with van der Waals surface area (Å²) in [6.45, 7) is 6.88. The topological polar surface area (TPSA) is 49.9 Å². The fourth-order valence-electron chi connectivity index (χ4n) is 3.25. The van der Waals surface area contributed by atoms with Crippen LogP contribution in [0.15, 0.2) is 12.1 Å². The van der Waals surface area contributed by atoms with Crippen LogP contribution in [0.3, 0.4) is 0 Å². The van der Waals surface area contributed by atoms with Crippen LogP contribution in [0.5, 0.6) is 0 Å². The van der Waals surface area contributed by atoms with E-state index in [1.165, 1.54) is 10.4 Å². The molecule has 5 nitrogen and oxygen atoms in total. The van der Waals surface area contributed by atoms with Gasteiger partial charge in [0.05, 0.1) is 0 Å². The minimum Gasteiger partial charge on any atom is -0.444 e.